The highest BCUT2D eigenvalue weighted by Gasteiger charge is 2.19. The molecule has 0 radical (unpaired) electrons. The third-order valence-electron chi connectivity index (χ3n) is 2.64. The quantitative estimate of drug-likeness (QED) is 0.613. The maximum Gasteiger partial charge on any atom is 0.00931 e. The molecular weight excluding hydrogens is 136 g/mol. The maximum atomic E-state index is 3.19. The fourth-order valence-corrected chi connectivity index (χ4v) is 1.86. The molecule has 0 spiro atoms. The molecule has 0 aromatic rings. The van der Waals surface area contributed by atoms with E-state index in [0.717, 1.165) is 6.04 Å². The van der Waals surface area contributed by atoms with Crippen molar-refractivity contribution in [1.82, 2.24) is 10.2 Å². The standard InChI is InChI=1S/C9H20N2/c1-10-7-3-5-9-6-4-8-11(9)2/h9-10H,3-8H2,1-2H3/t9-/m1/s1. The zero-order valence-corrected chi connectivity index (χ0v) is 7.77. The Labute approximate surface area is 70.0 Å². The summed E-state index contributed by atoms with van der Waals surface area (Å²) in [4.78, 5) is 2.50. The van der Waals surface area contributed by atoms with Gasteiger partial charge in [0.15, 0.2) is 0 Å². The van der Waals surface area contributed by atoms with Crippen LogP contribution < -0.4 is 5.32 Å². The van der Waals surface area contributed by atoms with Crippen molar-refractivity contribution in [1.29, 1.82) is 0 Å². The number of rotatable bonds is 4. The van der Waals surface area contributed by atoms with Crippen molar-refractivity contribution >= 4 is 0 Å². The monoisotopic (exact) mass is 156 g/mol. The molecule has 1 fully saturated rings. The van der Waals surface area contributed by atoms with Crippen LogP contribution in [-0.4, -0.2) is 38.1 Å². The minimum Gasteiger partial charge on any atom is -0.320 e. The van der Waals surface area contributed by atoms with Crippen molar-refractivity contribution in [2.24, 2.45) is 0 Å². The normalized spacial score (nSPS) is 26.2. The number of hydrogen-bond acceptors (Lipinski definition) is 2. The van der Waals surface area contributed by atoms with Gasteiger partial charge in [0.25, 0.3) is 0 Å². The first kappa shape index (κ1) is 9.01. The molecule has 0 aliphatic carbocycles. The van der Waals surface area contributed by atoms with Crippen molar-refractivity contribution in [3.05, 3.63) is 0 Å². The van der Waals surface area contributed by atoms with E-state index in [4.69, 9.17) is 0 Å². The SMILES string of the molecule is CNCCC[C@@H]1CCCN1C. The summed E-state index contributed by atoms with van der Waals surface area (Å²) < 4.78 is 0. The minimum absolute atomic E-state index is 0.878. The van der Waals surface area contributed by atoms with Crippen LogP contribution in [0.15, 0.2) is 0 Å². The van der Waals surface area contributed by atoms with Gasteiger partial charge in [0.1, 0.15) is 0 Å². The summed E-state index contributed by atoms with van der Waals surface area (Å²) in [5, 5.41) is 3.19. The third-order valence-corrected chi connectivity index (χ3v) is 2.64. The van der Waals surface area contributed by atoms with E-state index in [0.29, 0.717) is 0 Å². The van der Waals surface area contributed by atoms with E-state index in [1.54, 1.807) is 0 Å². The van der Waals surface area contributed by atoms with Crippen LogP contribution in [0.5, 0.6) is 0 Å². The second kappa shape index (κ2) is 4.73. The zero-order valence-electron chi connectivity index (χ0n) is 7.77. The Bertz CT molecular complexity index is 104. The van der Waals surface area contributed by atoms with Gasteiger partial charge in [-0.05, 0) is 52.9 Å². The van der Waals surface area contributed by atoms with E-state index in [1.807, 2.05) is 7.05 Å². The molecule has 0 aromatic carbocycles. The minimum atomic E-state index is 0.878. The van der Waals surface area contributed by atoms with Gasteiger partial charge in [-0.15, -0.1) is 0 Å². The van der Waals surface area contributed by atoms with Gasteiger partial charge in [0.05, 0.1) is 0 Å². The largest absolute Gasteiger partial charge is 0.320 e. The topological polar surface area (TPSA) is 15.3 Å². The zero-order chi connectivity index (χ0) is 8.10. The van der Waals surface area contributed by atoms with Crippen LogP contribution in [0.25, 0.3) is 0 Å². The molecule has 0 aromatic heterocycles. The average Bonchev–Trinajstić information content (AvgIpc) is 2.37. The van der Waals surface area contributed by atoms with Gasteiger partial charge in [-0.25, -0.2) is 0 Å². The van der Waals surface area contributed by atoms with Crippen LogP contribution in [0, 0.1) is 0 Å². The van der Waals surface area contributed by atoms with Crippen molar-refractivity contribution in [2.45, 2.75) is 31.7 Å². The van der Waals surface area contributed by atoms with Crippen LogP contribution >= 0.6 is 0 Å². The van der Waals surface area contributed by atoms with Crippen molar-refractivity contribution in [2.75, 3.05) is 27.2 Å². The van der Waals surface area contributed by atoms with Crippen LogP contribution in [0.1, 0.15) is 25.7 Å². The van der Waals surface area contributed by atoms with Gasteiger partial charge in [-0.3, -0.25) is 0 Å². The summed E-state index contributed by atoms with van der Waals surface area (Å²) in [6.07, 6.45) is 5.52. The Kier molecular flexibility index (Phi) is 3.87. The molecule has 1 heterocycles. The summed E-state index contributed by atoms with van der Waals surface area (Å²) in [5.41, 5.74) is 0. The fourth-order valence-electron chi connectivity index (χ4n) is 1.86. The molecule has 1 aliphatic rings. The Morgan fingerprint density at radius 3 is 2.91 bits per heavy atom. The lowest BCUT2D eigenvalue weighted by atomic mass is 10.1. The summed E-state index contributed by atoms with van der Waals surface area (Å²) in [5.74, 6) is 0. The molecule has 0 bridgehead atoms. The molecule has 1 N–H and O–H groups in total. The fraction of sp³-hybridized carbons (Fsp3) is 1.00. The van der Waals surface area contributed by atoms with Crippen molar-refractivity contribution in [3.63, 3.8) is 0 Å². The van der Waals surface area contributed by atoms with E-state index in [9.17, 15) is 0 Å². The third kappa shape index (κ3) is 2.80. The molecule has 1 aliphatic heterocycles. The molecule has 11 heavy (non-hydrogen) atoms. The van der Waals surface area contributed by atoms with Gasteiger partial charge in [0, 0.05) is 6.04 Å². The molecule has 0 amide bonds. The molecule has 1 saturated heterocycles. The van der Waals surface area contributed by atoms with Gasteiger partial charge >= 0.3 is 0 Å². The van der Waals surface area contributed by atoms with E-state index in [1.165, 1.54) is 38.8 Å². The van der Waals surface area contributed by atoms with Gasteiger partial charge in [-0.1, -0.05) is 0 Å². The number of hydrogen-bond donors (Lipinski definition) is 1. The molecular formula is C9H20N2. The Morgan fingerprint density at radius 1 is 1.55 bits per heavy atom. The van der Waals surface area contributed by atoms with E-state index in [2.05, 4.69) is 17.3 Å². The van der Waals surface area contributed by atoms with E-state index >= 15 is 0 Å². The van der Waals surface area contributed by atoms with Gasteiger partial charge in [0.2, 0.25) is 0 Å². The Hall–Kier alpha value is -0.0800. The molecule has 66 valence electrons. The van der Waals surface area contributed by atoms with Crippen LogP contribution in [0.4, 0.5) is 0 Å². The van der Waals surface area contributed by atoms with E-state index in [-0.39, 0.29) is 0 Å². The summed E-state index contributed by atoms with van der Waals surface area (Å²) >= 11 is 0. The van der Waals surface area contributed by atoms with Crippen LogP contribution in [0.2, 0.25) is 0 Å². The summed E-state index contributed by atoms with van der Waals surface area (Å²) in [6, 6.07) is 0.878. The van der Waals surface area contributed by atoms with Crippen molar-refractivity contribution in [3.8, 4) is 0 Å². The lowest BCUT2D eigenvalue weighted by Gasteiger charge is -2.18. The lowest BCUT2D eigenvalue weighted by Crippen LogP contribution is -2.25. The summed E-state index contributed by atoms with van der Waals surface area (Å²) in [7, 11) is 4.27. The van der Waals surface area contributed by atoms with Crippen LogP contribution in [0.3, 0.4) is 0 Å². The van der Waals surface area contributed by atoms with Crippen LogP contribution in [-0.2, 0) is 0 Å². The molecule has 2 heteroatoms. The predicted molar refractivity (Wildman–Crippen MR) is 48.8 cm³/mol. The number of nitrogens with one attached hydrogen (secondary N) is 1. The highest BCUT2D eigenvalue weighted by Crippen LogP contribution is 2.18. The highest BCUT2D eigenvalue weighted by molar-refractivity contribution is 4.75. The molecule has 0 saturated carbocycles. The number of nitrogens with zero attached hydrogens (tertiary/aromatic N) is 1. The second-order valence-electron chi connectivity index (χ2n) is 3.52. The number of likely N-dealkylation sites (tertiary alicyclic amines) is 1. The first-order valence-electron chi connectivity index (χ1n) is 4.69. The predicted octanol–water partition coefficient (Wildman–Crippen LogP) is 1.08. The molecule has 1 rings (SSSR count). The summed E-state index contributed by atoms with van der Waals surface area (Å²) in [6.45, 7) is 2.48. The maximum absolute atomic E-state index is 3.19. The van der Waals surface area contributed by atoms with Gasteiger partial charge < -0.3 is 10.2 Å². The Morgan fingerprint density at radius 2 is 2.36 bits per heavy atom. The lowest BCUT2D eigenvalue weighted by molar-refractivity contribution is 0.291. The average molecular weight is 156 g/mol. The smallest absolute Gasteiger partial charge is 0.00931 e. The van der Waals surface area contributed by atoms with Gasteiger partial charge in [-0.2, -0.15) is 0 Å². The van der Waals surface area contributed by atoms with E-state index < -0.39 is 0 Å². The second-order valence-corrected chi connectivity index (χ2v) is 3.52. The molecule has 2 nitrogen and oxygen atoms in total. The highest BCUT2D eigenvalue weighted by atomic mass is 15.1. The molecule has 0 unspecified atom stereocenters. The Balaban J connectivity index is 2.05. The first-order chi connectivity index (χ1) is 5.34. The van der Waals surface area contributed by atoms with Crippen molar-refractivity contribution < 1.29 is 0 Å². The molecule has 1 atom stereocenters. The first-order valence-corrected chi connectivity index (χ1v) is 4.69.